The third-order valence-corrected chi connectivity index (χ3v) is 3.16. The predicted octanol–water partition coefficient (Wildman–Crippen LogP) is 2.43. The molecule has 1 fully saturated rings. The number of carbonyl (C=O) groups is 1. The number of halogens is 1. The molecule has 1 aliphatic rings. The molecule has 1 aromatic carbocycles. The summed E-state index contributed by atoms with van der Waals surface area (Å²) in [5.41, 5.74) is 7.91. The minimum Gasteiger partial charge on any atom is -0.370 e. The molecule has 5 nitrogen and oxygen atoms in total. The van der Waals surface area contributed by atoms with Crippen molar-refractivity contribution in [1.82, 2.24) is 5.32 Å². The molecule has 116 valence electrons. The topological polar surface area (TPSA) is 79.5 Å². The Morgan fingerprint density at radius 2 is 2.14 bits per heavy atom. The zero-order valence-corrected chi connectivity index (χ0v) is 14.8. The highest BCUT2D eigenvalue weighted by Crippen LogP contribution is 2.19. The fourth-order valence-corrected chi connectivity index (χ4v) is 1.82. The van der Waals surface area contributed by atoms with Gasteiger partial charge in [-0.15, -0.1) is 24.0 Å². The minimum atomic E-state index is -0.0758. The van der Waals surface area contributed by atoms with Gasteiger partial charge in [0.2, 0.25) is 5.91 Å². The van der Waals surface area contributed by atoms with Crippen molar-refractivity contribution in [2.24, 2.45) is 10.7 Å². The molecule has 0 saturated heterocycles. The van der Waals surface area contributed by atoms with Gasteiger partial charge in [0, 0.05) is 11.7 Å². The first-order chi connectivity index (χ1) is 9.54. The van der Waals surface area contributed by atoms with E-state index in [9.17, 15) is 4.79 Å². The number of carbonyl (C=O) groups excluding carboxylic acids is 1. The molecule has 1 saturated carbocycles. The van der Waals surface area contributed by atoms with Gasteiger partial charge in [0.15, 0.2) is 5.96 Å². The average Bonchev–Trinajstić information content (AvgIpc) is 3.20. The van der Waals surface area contributed by atoms with Crippen molar-refractivity contribution in [3.05, 3.63) is 29.8 Å². The Morgan fingerprint density at radius 1 is 1.43 bits per heavy atom. The van der Waals surface area contributed by atoms with Crippen molar-refractivity contribution in [3.8, 4) is 0 Å². The number of nitrogens with zero attached hydrogens (tertiary/aromatic N) is 1. The number of nitrogens with one attached hydrogen (secondary N) is 2. The largest absolute Gasteiger partial charge is 0.370 e. The van der Waals surface area contributed by atoms with Gasteiger partial charge in [-0.25, -0.2) is 4.99 Å². The first-order valence-corrected chi connectivity index (χ1v) is 7.01. The molecule has 0 atom stereocenters. The van der Waals surface area contributed by atoms with Crippen molar-refractivity contribution in [1.29, 1.82) is 0 Å². The molecule has 0 aliphatic heterocycles. The third kappa shape index (κ3) is 6.33. The molecule has 0 bridgehead atoms. The second-order valence-electron chi connectivity index (χ2n) is 5.45. The Balaban J connectivity index is 0.00000220. The maximum Gasteiger partial charge on any atom is 0.242 e. The Bertz CT molecular complexity index is 512. The summed E-state index contributed by atoms with van der Waals surface area (Å²) in [6, 6.07) is 8.38. The number of amides is 1. The lowest BCUT2D eigenvalue weighted by Gasteiger charge is -2.10. The van der Waals surface area contributed by atoms with E-state index in [1.807, 2.05) is 18.2 Å². The number of hydrogen-bond donors (Lipinski definition) is 3. The minimum absolute atomic E-state index is 0. The molecule has 1 amide bonds. The van der Waals surface area contributed by atoms with E-state index < -0.39 is 0 Å². The van der Waals surface area contributed by atoms with E-state index in [4.69, 9.17) is 5.73 Å². The van der Waals surface area contributed by atoms with Gasteiger partial charge >= 0.3 is 0 Å². The van der Waals surface area contributed by atoms with Gasteiger partial charge < -0.3 is 16.4 Å². The van der Waals surface area contributed by atoms with Crippen LogP contribution in [0.3, 0.4) is 0 Å². The molecule has 1 aliphatic carbocycles. The fraction of sp³-hybridized carbons (Fsp3) is 0.467. The SMILES string of the molecule is CC(C)c1cccc(NC(N)=NCC(=O)NC2CC2)c1.I. The molecule has 0 heterocycles. The average molecular weight is 402 g/mol. The van der Waals surface area contributed by atoms with Crippen molar-refractivity contribution in [2.75, 3.05) is 11.9 Å². The maximum absolute atomic E-state index is 11.5. The predicted molar refractivity (Wildman–Crippen MR) is 97.2 cm³/mol. The number of hydrogen-bond acceptors (Lipinski definition) is 2. The summed E-state index contributed by atoms with van der Waals surface area (Å²) in [5.74, 6) is 0.643. The van der Waals surface area contributed by atoms with Crippen LogP contribution >= 0.6 is 24.0 Å². The highest BCUT2D eigenvalue weighted by molar-refractivity contribution is 14.0. The number of rotatable bonds is 5. The first-order valence-electron chi connectivity index (χ1n) is 7.01. The second kappa shape index (κ2) is 8.21. The highest BCUT2D eigenvalue weighted by atomic mass is 127. The van der Waals surface area contributed by atoms with Gasteiger partial charge in [-0.2, -0.15) is 0 Å². The van der Waals surface area contributed by atoms with Crippen molar-refractivity contribution >= 4 is 41.5 Å². The molecule has 4 N–H and O–H groups in total. The van der Waals surface area contributed by atoms with Crippen LogP contribution in [-0.4, -0.2) is 24.5 Å². The lowest BCUT2D eigenvalue weighted by molar-refractivity contribution is -0.119. The molecule has 0 unspecified atom stereocenters. The van der Waals surface area contributed by atoms with E-state index in [-0.39, 0.29) is 42.4 Å². The maximum atomic E-state index is 11.5. The van der Waals surface area contributed by atoms with Gasteiger partial charge in [-0.3, -0.25) is 4.79 Å². The number of nitrogens with two attached hydrogens (primary N) is 1. The van der Waals surface area contributed by atoms with Crippen LogP contribution in [0.2, 0.25) is 0 Å². The van der Waals surface area contributed by atoms with Crippen LogP contribution in [0, 0.1) is 0 Å². The van der Waals surface area contributed by atoms with E-state index in [1.54, 1.807) is 0 Å². The van der Waals surface area contributed by atoms with Crippen molar-refractivity contribution < 1.29 is 4.79 Å². The number of anilines is 1. The molecule has 2 rings (SSSR count). The van der Waals surface area contributed by atoms with Crippen LogP contribution in [-0.2, 0) is 4.79 Å². The van der Waals surface area contributed by atoms with Crippen LogP contribution in [0.15, 0.2) is 29.3 Å². The second-order valence-corrected chi connectivity index (χ2v) is 5.45. The summed E-state index contributed by atoms with van der Waals surface area (Å²) in [6.45, 7) is 4.34. The standard InChI is InChI=1S/C15H22N4O.HI/c1-10(2)11-4-3-5-13(8-11)19-15(16)17-9-14(20)18-12-6-7-12;/h3-5,8,10,12H,6-7,9H2,1-2H3,(H,18,20)(H3,16,17,19);1H. The Hall–Kier alpha value is -1.31. The summed E-state index contributed by atoms with van der Waals surface area (Å²) in [5, 5.41) is 5.88. The Kier molecular flexibility index (Phi) is 6.94. The van der Waals surface area contributed by atoms with Gasteiger partial charge in [-0.1, -0.05) is 26.0 Å². The lowest BCUT2D eigenvalue weighted by atomic mass is 10.0. The molecule has 6 heteroatoms. The Labute approximate surface area is 142 Å². The van der Waals surface area contributed by atoms with E-state index in [0.717, 1.165) is 18.5 Å². The van der Waals surface area contributed by atoms with E-state index in [2.05, 4.69) is 35.5 Å². The number of guanidine groups is 1. The van der Waals surface area contributed by atoms with Gasteiger partial charge in [0.25, 0.3) is 0 Å². The van der Waals surface area contributed by atoms with Crippen molar-refractivity contribution in [3.63, 3.8) is 0 Å². The molecule has 0 radical (unpaired) electrons. The van der Waals surface area contributed by atoms with Crippen LogP contribution in [0.25, 0.3) is 0 Å². The van der Waals surface area contributed by atoms with E-state index in [0.29, 0.717) is 12.0 Å². The lowest BCUT2D eigenvalue weighted by Crippen LogP contribution is -2.30. The van der Waals surface area contributed by atoms with Gasteiger partial charge in [0.1, 0.15) is 6.54 Å². The monoisotopic (exact) mass is 402 g/mol. The van der Waals surface area contributed by atoms with Crippen LogP contribution < -0.4 is 16.4 Å². The zero-order valence-electron chi connectivity index (χ0n) is 12.4. The molecular formula is C15H23IN4O. The summed E-state index contributed by atoms with van der Waals surface area (Å²) < 4.78 is 0. The van der Waals surface area contributed by atoms with Crippen LogP contribution in [0.5, 0.6) is 0 Å². The summed E-state index contributed by atoms with van der Waals surface area (Å²) in [4.78, 5) is 15.5. The van der Waals surface area contributed by atoms with E-state index in [1.165, 1.54) is 5.56 Å². The number of benzene rings is 1. The molecular weight excluding hydrogens is 379 g/mol. The smallest absolute Gasteiger partial charge is 0.242 e. The normalized spacial score (nSPS) is 14.5. The summed E-state index contributed by atoms with van der Waals surface area (Å²) >= 11 is 0. The van der Waals surface area contributed by atoms with Crippen LogP contribution in [0.4, 0.5) is 5.69 Å². The first kappa shape index (κ1) is 17.7. The number of aliphatic imine (C=N–C) groups is 1. The Morgan fingerprint density at radius 3 is 2.76 bits per heavy atom. The summed E-state index contributed by atoms with van der Waals surface area (Å²) in [7, 11) is 0. The third-order valence-electron chi connectivity index (χ3n) is 3.16. The van der Waals surface area contributed by atoms with Gasteiger partial charge in [-0.05, 0) is 36.5 Å². The van der Waals surface area contributed by atoms with Gasteiger partial charge in [0.05, 0.1) is 0 Å². The molecule has 0 aromatic heterocycles. The molecule has 21 heavy (non-hydrogen) atoms. The van der Waals surface area contributed by atoms with E-state index >= 15 is 0 Å². The fourth-order valence-electron chi connectivity index (χ4n) is 1.82. The van der Waals surface area contributed by atoms with Crippen molar-refractivity contribution in [2.45, 2.75) is 38.6 Å². The molecule has 1 aromatic rings. The molecule has 0 spiro atoms. The zero-order chi connectivity index (χ0) is 14.5. The van der Waals surface area contributed by atoms with Crippen LogP contribution in [0.1, 0.15) is 38.2 Å². The quantitative estimate of drug-likeness (QED) is 0.402. The highest BCUT2D eigenvalue weighted by Gasteiger charge is 2.22. The summed E-state index contributed by atoms with van der Waals surface area (Å²) in [6.07, 6.45) is 2.15.